The second kappa shape index (κ2) is 5.77. The molecule has 0 amide bonds. The monoisotopic (exact) mass is 221 g/mol. The lowest BCUT2D eigenvalue weighted by atomic mass is 9.91. The number of β-amino-alcohol motifs (C(OH)–C–C–N with tert-alkyl or cyclic N) is 1. The van der Waals surface area contributed by atoms with E-state index in [1.165, 1.54) is 0 Å². The molecule has 0 aliphatic carbocycles. The number of hydrogen-bond donors (Lipinski definition) is 5. The van der Waals surface area contributed by atoms with E-state index >= 15 is 0 Å². The summed E-state index contributed by atoms with van der Waals surface area (Å²) in [7, 11) is 0. The normalized spacial score (nSPS) is 16.8. The van der Waals surface area contributed by atoms with E-state index in [1.54, 1.807) is 6.92 Å². The Balaban J connectivity index is 4.34. The zero-order valence-corrected chi connectivity index (χ0v) is 9.69. The van der Waals surface area contributed by atoms with E-state index in [1.807, 2.05) is 13.8 Å². The zero-order chi connectivity index (χ0) is 12.1. The van der Waals surface area contributed by atoms with Crippen molar-refractivity contribution in [3.63, 3.8) is 0 Å². The molecular formula is C10H23NO4. The highest BCUT2D eigenvalue weighted by Gasteiger charge is 2.32. The van der Waals surface area contributed by atoms with Crippen LogP contribution in [0.1, 0.15) is 20.8 Å². The lowest BCUT2D eigenvalue weighted by molar-refractivity contribution is -0.0161. The number of rotatable bonds is 7. The molecule has 5 heteroatoms. The molecule has 0 saturated carbocycles. The third kappa shape index (κ3) is 4.04. The first-order valence-corrected chi connectivity index (χ1v) is 5.13. The molecular weight excluding hydrogens is 198 g/mol. The van der Waals surface area contributed by atoms with Crippen molar-refractivity contribution >= 4 is 0 Å². The molecule has 92 valence electrons. The van der Waals surface area contributed by atoms with Gasteiger partial charge in [0.2, 0.25) is 0 Å². The van der Waals surface area contributed by atoms with Crippen molar-refractivity contribution in [2.24, 2.45) is 5.92 Å². The summed E-state index contributed by atoms with van der Waals surface area (Å²) in [6.45, 7) is 4.48. The van der Waals surface area contributed by atoms with Crippen LogP contribution in [0.2, 0.25) is 0 Å². The second-order valence-corrected chi connectivity index (χ2v) is 4.62. The summed E-state index contributed by atoms with van der Waals surface area (Å²) in [6.07, 6.45) is 0. The fraction of sp³-hybridized carbons (Fsp3) is 1.00. The minimum absolute atomic E-state index is 0.0405. The molecule has 0 aromatic rings. The van der Waals surface area contributed by atoms with Gasteiger partial charge in [0.15, 0.2) is 0 Å². The van der Waals surface area contributed by atoms with Crippen molar-refractivity contribution in [2.45, 2.75) is 31.9 Å². The first-order chi connectivity index (χ1) is 6.83. The van der Waals surface area contributed by atoms with Crippen molar-refractivity contribution in [2.75, 3.05) is 26.4 Å². The van der Waals surface area contributed by atoms with Gasteiger partial charge in [-0.05, 0) is 12.8 Å². The Labute approximate surface area is 90.8 Å². The summed E-state index contributed by atoms with van der Waals surface area (Å²) < 4.78 is 0. The van der Waals surface area contributed by atoms with Gasteiger partial charge in [0.25, 0.3) is 0 Å². The van der Waals surface area contributed by atoms with Crippen molar-refractivity contribution in [3.05, 3.63) is 0 Å². The van der Waals surface area contributed by atoms with Crippen LogP contribution in [-0.2, 0) is 0 Å². The SMILES string of the molecule is CC(C)C(C)(O)CNC(CO)(CO)CO. The van der Waals surface area contributed by atoms with Gasteiger partial charge >= 0.3 is 0 Å². The molecule has 1 unspecified atom stereocenters. The van der Waals surface area contributed by atoms with Gasteiger partial charge in [-0.15, -0.1) is 0 Å². The minimum Gasteiger partial charge on any atom is -0.394 e. The molecule has 0 radical (unpaired) electrons. The smallest absolute Gasteiger partial charge is 0.0882 e. The van der Waals surface area contributed by atoms with Crippen LogP contribution in [0.3, 0.4) is 0 Å². The lowest BCUT2D eigenvalue weighted by Gasteiger charge is -2.35. The molecule has 0 bridgehead atoms. The van der Waals surface area contributed by atoms with Crippen LogP contribution in [0, 0.1) is 5.92 Å². The average molecular weight is 221 g/mol. The molecule has 0 aliphatic heterocycles. The van der Waals surface area contributed by atoms with Crippen LogP contribution >= 0.6 is 0 Å². The molecule has 0 aromatic carbocycles. The van der Waals surface area contributed by atoms with E-state index < -0.39 is 11.1 Å². The zero-order valence-electron chi connectivity index (χ0n) is 9.69. The Hall–Kier alpha value is -0.200. The average Bonchev–Trinajstić information content (AvgIpc) is 2.20. The van der Waals surface area contributed by atoms with E-state index in [0.29, 0.717) is 0 Å². The third-order valence-electron chi connectivity index (χ3n) is 2.97. The number of aliphatic hydroxyl groups is 4. The van der Waals surface area contributed by atoms with Crippen LogP contribution in [0.25, 0.3) is 0 Å². The highest BCUT2D eigenvalue weighted by atomic mass is 16.3. The van der Waals surface area contributed by atoms with Gasteiger partial charge < -0.3 is 25.7 Å². The maximum atomic E-state index is 9.93. The van der Waals surface area contributed by atoms with Crippen LogP contribution in [-0.4, -0.2) is 57.9 Å². The Morgan fingerprint density at radius 1 is 1.07 bits per heavy atom. The van der Waals surface area contributed by atoms with Gasteiger partial charge in [0.05, 0.1) is 31.0 Å². The molecule has 0 saturated heterocycles. The summed E-state index contributed by atoms with van der Waals surface area (Å²) in [5, 5.41) is 39.9. The van der Waals surface area contributed by atoms with Crippen LogP contribution in [0.5, 0.6) is 0 Å². The summed E-state index contributed by atoms with van der Waals surface area (Å²) in [5.74, 6) is 0.0405. The van der Waals surface area contributed by atoms with Gasteiger partial charge in [0.1, 0.15) is 0 Å². The fourth-order valence-corrected chi connectivity index (χ4v) is 0.888. The van der Waals surface area contributed by atoms with Gasteiger partial charge in [-0.3, -0.25) is 0 Å². The van der Waals surface area contributed by atoms with Crippen LogP contribution in [0.4, 0.5) is 0 Å². The molecule has 0 heterocycles. The first-order valence-electron chi connectivity index (χ1n) is 5.13. The lowest BCUT2D eigenvalue weighted by Crippen LogP contribution is -2.59. The summed E-state index contributed by atoms with van der Waals surface area (Å²) in [5.41, 5.74) is -2.07. The molecule has 0 spiro atoms. The van der Waals surface area contributed by atoms with Crippen molar-refractivity contribution in [1.82, 2.24) is 5.32 Å². The number of nitrogens with one attached hydrogen (secondary N) is 1. The summed E-state index contributed by atoms with van der Waals surface area (Å²) in [6, 6.07) is 0. The molecule has 0 aliphatic rings. The largest absolute Gasteiger partial charge is 0.394 e. The van der Waals surface area contributed by atoms with Crippen molar-refractivity contribution in [1.29, 1.82) is 0 Å². The van der Waals surface area contributed by atoms with E-state index in [0.717, 1.165) is 0 Å². The Morgan fingerprint density at radius 2 is 1.47 bits per heavy atom. The molecule has 1 atom stereocenters. The van der Waals surface area contributed by atoms with E-state index in [-0.39, 0.29) is 32.3 Å². The Kier molecular flexibility index (Phi) is 5.69. The van der Waals surface area contributed by atoms with Crippen molar-refractivity contribution in [3.8, 4) is 0 Å². The van der Waals surface area contributed by atoms with Gasteiger partial charge in [0, 0.05) is 6.54 Å². The van der Waals surface area contributed by atoms with E-state index in [2.05, 4.69) is 5.32 Å². The third-order valence-corrected chi connectivity index (χ3v) is 2.97. The van der Waals surface area contributed by atoms with Crippen LogP contribution < -0.4 is 5.32 Å². The minimum atomic E-state index is -1.13. The molecule has 0 fully saturated rings. The molecule has 0 aromatic heterocycles. The predicted octanol–water partition coefficient (Wildman–Crippen LogP) is -1.30. The standard InChI is InChI=1S/C10H23NO4/c1-8(2)9(3,15)4-11-10(5-12,6-13)7-14/h8,11-15H,4-7H2,1-3H3. The Morgan fingerprint density at radius 3 is 1.73 bits per heavy atom. The Bertz CT molecular complexity index is 170. The maximum Gasteiger partial charge on any atom is 0.0882 e. The molecule has 15 heavy (non-hydrogen) atoms. The van der Waals surface area contributed by atoms with E-state index in [4.69, 9.17) is 15.3 Å². The quantitative estimate of drug-likeness (QED) is 0.368. The highest BCUT2D eigenvalue weighted by molar-refractivity contribution is 4.90. The molecule has 5 nitrogen and oxygen atoms in total. The second-order valence-electron chi connectivity index (χ2n) is 4.62. The molecule has 0 rings (SSSR count). The van der Waals surface area contributed by atoms with Crippen LogP contribution in [0.15, 0.2) is 0 Å². The highest BCUT2D eigenvalue weighted by Crippen LogP contribution is 2.16. The van der Waals surface area contributed by atoms with E-state index in [9.17, 15) is 5.11 Å². The topological polar surface area (TPSA) is 93.0 Å². The summed E-state index contributed by atoms with van der Waals surface area (Å²) in [4.78, 5) is 0. The van der Waals surface area contributed by atoms with Gasteiger partial charge in [-0.1, -0.05) is 13.8 Å². The summed E-state index contributed by atoms with van der Waals surface area (Å²) >= 11 is 0. The first kappa shape index (κ1) is 14.8. The molecule has 5 N–H and O–H groups in total. The van der Waals surface area contributed by atoms with Gasteiger partial charge in [-0.25, -0.2) is 0 Å². The fourth-order valence-electron chi connectivity index (χ4n) is 0.888. The van der Waals surface area contributed by atoms with Gasteiger partial charge in [-0.2, -0.15) is 0 Å². The number of aliphatic hydroxyl groups excluding tert-OH is 3. The predicted molar refractivity (Wildman–Crippen MR) is 57.5 cm³/mol. The van der Waals surface area contributed by atoms with Crippen molar-refractivity contribution < 1.29 is 20.4 Å². The maximum absolute atomic E-state index is 9.93. The number of hydrogen-bond acceptors (Lipinski definition) is 5.